The van der Waals surface area contributed by atoms with Crippen molar-refractivity contribution in [1.29, 1.82) is 0 Å². The van der Waals surface area contributed by atoms with Crippen molar-refractivity contribution in [2.45, 2.75) is 6.61 Å². The molecule has 0 atom stereocenters. The van der Waals surface area contributed by atoms with E-state index >= 15 is 0 Å². The fraction of sp³-hybridized carbons (Fsp3) is 0.105. The summed E-state index contributed by atoms with van der Waals surface area (Å²) < 4.78 is 16.3. The summed E-state index contributed by atoms with van der Waals surface area (Å²) in [5.41, 5.74) is 0.828. The first kappa shape index (κ1) is 19.0. The molecule has 1 aromatic heterocycles. The van der Waals surface area contributed by atoms with Crippen LogP contribution in [-0.2, 0) is 6.61 Å². The molecule has 1 aliphatic rings. The van der Waals surface area contributed by atoms with Gasteiger partial charge in [-0.05, 0) is 29.6 Å². The molecule has 0 saturated carbocycles. The second-order valence-electron chi connectivity index (χ2n) is 6.00. The number of halogens is 1. The van der Waals surface area contributed by atoms with Gasteiger partial charge in [0.15, 0.2) is 11.5 Å². The van der Waals surface area contributed by atoms with Crippen molar-refractivity contribution in [2.75, 3.05) is 12.1 Å². The van der Waals surface area contributed by atoms with E-state index in [1.165, 1.54) is 29.5 Å². The molecular formula is C19H13ClN2O6S. The number of carbonyl (C=O) groups excluding carboxylic acids is 1. The SMILES string of the molecule is O=C(Nc1cc([N+](=O)[O-])ccc1Cl)c1cc(COc2ccc3c(c2)OCO3)cs1. The van der Waals surface area contributed by atoms with Crippen LogP contribution in [0.3, 0.4) is 0 Å². The normalized spacial score (nSPS) is 11.9. The summed E-state index contributed by atoms with van der Waals surface area (Å²) in [6.07, 6.45) is 0. The third-order valence-electron chi connectivity index (χ3n) is 4.04. The van der Waals surface area contributed by atoms with Crippen LogP contribution in [0, 0.1) is 10.1 Å². The maximum absolute atomic E-state index is 12.5. The summed E-state index contributed by atoms with van der Waals surface area (Å²) in [7, 11) is 0. The first-order chi connectivity index (χ1) is 14.0. The molecule has 2 heterocycles. The van der Waals surface area contributed by atoms with E-state index in [0.29, 0.717) is 22.1 Å². The monoisotopic (exact) mass is 432 g/mol. The van der Waals surface area contributed by atoms with Crippen molar-refractivity contribution in [1.82, 2.24) is 0 Å². The number of nitrogens with zero attached hydrogens (tertiary/aromatic N) is 1. The van der Waals surface area contributed by atoms with E-state index in [9.17, 15) is 14.9 Å². The Balaban J connectivity index is 1.40. The van der Waals surface area contributed by atoms with Crippen LogP contribution >= 0.6 is 22.9 Å². The van der Waals surface area contributed by atoms with Gasteiger partial charge in [-0.2, -0.15) is 0 Å². The van der Waals surface area contributed by atoms with E-state index < -0.39 is 10.8 Å². The van der Waals surface area contributed by atoms with Gasteiger partial charge >= 0.3 is 0 Å². The van der Waals surface area contributed by atoms with Gasteiger partial charge in [-0.25, -0.2) is 0 Å². The highest BCUT2D eigenvalue weighted by Crippen LogP contribution is 2.35. The molecule has 10 heteroatoms. The third kappa shape index (κ3) is 4.25. The van der Waals surface area contributed by atoms with E-state index in [0.717, 1.165) is 5.56 Å². The van der Waals surface area contributed by atoms with E-state index in [2.05, 4.69) is 5.32 Å². The quantitative estimate of drug-likeness (QED) is 0.440. The summed E-state index contributed by atoms with van der Waals surface area (Å²) >= 11 is 7.26. The van der Waals surface area contributed by atoms with Gasteiger partial charge in [-0.3, -0.25) is 14.9 Å². The molecule has 2 aromatic carbocycles. The van der Waals surface area contributed by atoms with Crippen LogP contribution in [-0.4, -0.2) is 17.6 Å². The smallest absolute Gasteiger partial charge is 0.271 e. The molecule has 148 valence electrons. The Morgan fingerprint density at radius 3 is 2.86 bits per heavy atom. The summed E-state index contributed by atoms with van der Waals surface area (Å²) in [6.45, 7) is 0.456. The number of rotatable bonds is 6. The van der Waals surface area contributed by atoms with Crippen molar-refractivity contribution in [3.05, 3.63) is 73.4 Å². The second kappa shape index (κ2) is 7.98. The maximum Gasteiger partial charge on any atom is 0.271 e. The largest absolute Gasteiger partial charge is 0.489 e. The van der Waals surface area contributed by atoms with Gasteiger partial charge in [0.05, 0.1) is 20.5 Å². The maximum atomic E-state index is 12.5. The molecule has 0 unspecified atom stereocenters. The first-order valence-corrected chi connectivity index (χ1v) is 9.60. The van der Waals surface area contributed by atoms with Crippen molar-refractivity contribution < 1.29 is 23.9 Å². The highest BCUT2D eigenvalue weighted by molar-refractivity contribution is 7.12. The molecule has 29 heavy (non-hydrogen) atoms. The minimum Gasteiger partial charge on any atom is -0.489 e. The Bertz CT molecular complexity index is 1100. The van der Waals surface area contributed by atoms with E-state index in [4.69, 9.17) is 25.8 Å². The molecule has 8 nitrogen and oxygen atoms in total. The van der Waals surface area contributed by atoms with E-state index in [-0.39, 0.29) is 29.8 Å². The lowest BCUT2D eigenvalue weighted by Crippen LogP contribution is -2.10. The molecule has 0 saturated heterocycles. The van der Waals surface area contributed by atoms with Crippen LogP contribution in [0.15, 0.2) is 47.8 Å². The number of anilines is 1. The average molecular weight is 433 g/mol. The predicted molar refractivity (Wildman–Crippen MR) is 107 cm³/mol. The molecule has 0 aliphatic carbocycles. The number of fused-ring (bicyclic) bond motifs is 1. The molecular weight excluding hydrogens is 420 g/mol. The summed E-state index contributed by atoms with van der Waals surface area (Å²) in [4.78, 5) is 23.2. The Labute approximate surface area is 173 Å². The summed E-state index contributed by atoms with van der Waals surface area (Å²) in [5.74, 6) is 1.51. The number of ether oxygens (including phenoxy) is 3. The Hall–Kier alpha value is -3.30. The van der Waals surface area contributed by atoms with Gasteiger partial charge in [-0.1, -0.05) is 11.6 Å². The molecule has 0 bridgehead atoms. The molecule has 0 radical (unpaired) electrons. The zero-order valence-electron chi connectivity index (χ0n) is 14.7. The number of nitro benzene ring substituents is 1. The Kier molecular flexibility index (Phi) is 5.24. The second-order valence-corrected chi connectivity index (χ2v) is 7.32. The molecule has 1 aliphatic heterocycles. The number of nitro groups is 1. The highest BCUT2D eigenvalue weighted by atomic mass is 35.5. The molecule has 4 rings (SSSR count). The van der Waals surface area contributed by atoms with Crippen molar-refractivity contribution in [3.8, 4) is 17.2 Å². The zero-order chi connectivity index (χ0) is 20.4. The predicted octanol–water partition coefficient (Wildman–Crippen LogP) is 4.87. The minimum absolute atomic E-state index is 0.159. The van der Waals surface area contributed by atoms with Crippen LogP contribution in [0.5, 0.6) is 17.2 Å². The van der Waals surface area contributed by atoms with E-state index in [1.54, 1.807) is 29.6 Å². The number of thiophene rings is 1. The fourth-order valence-electron chi connectivity index (χ4n) is 2.61. The van der Waals surface area contributed by atoms with Crippen molar-refractivity contribution in [3.63, 3.8) is 0 Å². The standard InChI is InChI=1S/C19H13ClN2O6S/c20-14-3-1-12(22(24)25)6-15(14)21-19(23)18-5-11(9-29-18)8-26-13-2-4-16-17(7-13)28-10-27-16/h1-7,9H,8,10H2,(H,21,23). The lowest BCUT2D eigenvalue weighted by Gasteiger charge is -2.06. The van der Waals surface area contributed by atoms with Gasteiger partial charge in [0, 0.05) is 23.8 Å². The van der Waals surface area contributed by atoms with Crippen LogP contribution in [0.1, 0.15) is 15.2 Å². The Morgan fingerprint density at radius 2 is 2.03 bits per heavy atom. The number of hydrogen-bond donors (Lipinski definition) is 1. The lowest BCUT2D eigenvalue weighted by molar-refractivity contribution is -0.384. The fourth-order valence-corrected chi connectivity index (χ4v) is 3.57. The van der Waals surface area contributed by atoms with Gasteiger partial charge in [-0.15, -0.1) is 11.3 Å². The Morgan fingerprint density at radius 1 is 1.21 bits per heavy atom. The topological polar surface area (TPSA) is 99.9 Å². The first-order valence-electron chi connectivity index (χ1n) is 8.35. The van der Waals surface area contributed by atoms with Gasteiger partial charge in [0.1, 0.15) is 12.4 Å². The van der Waals surface area contributed by atoms with Gasteiger partial charge < -0.3 is 19.5 Å². The molecule has 0 fully saturated rings. The third-order valence-corrected chi connectivity index (χ3v) is 5.34. The number of carbonyl (C=O) groups is 1. The van der Waals surface area contributed by atoms with Gasteiger partial charge in [0.25, 0.3) is 11.6 Å². The van der Waals surface area contributed by atoms with Crippen molar-refractivity contribution in [2.24, 2.45) is 0 Å². The number of amides is 1. The zero-order valence-corrected chi connectivity index (χ0v) is 16.3. The van der Waals surface area contributed by atoms with Crippen LogP contribution in [0.25, 0.3) is 0 Å². The molecule has 1 amide bonds. The van der Waals surface area contributed by atoms with E-state index in [1.807, 2.05) is 0 Å². The molecule has 3 aromatic rings. The lowest BCUT2D eigenvalue weighted by atomic mass is 10.2. The van der Waals surface area contributed by atoms with Crippen LogP contribution < -0.4 is 19.5 Å². The van der Waals surface area contributed by atoms with Crippen LogP contribution in [0.2, 0.25) is 5.02 Å². The molecule has 0 spiro atoms. The number of nitrogens with one attached hydrogen (secondary N) is 1. The van der Waals surface area contributed by atoms with Crippen LogP contribution in [0.4, 0.5) is 11.4 Å². The van der Waals surface area contributed by atoms with Gasteiger partial charge in [0.2, 0.25) is 6.79 Å². The summed E-state index contributed by atoms with van der Waals surface area (Å²) in [6, 6.07) is 10.8. The molecule has 1 N–H and O–H groups in total. The highest BCUT2D eigenvalue weighted by Gasteiger charge is 2.16. The summed E-state index contributed by atoms with van der Waals surface area (Å²) in [5, 5.41) is 15.5. The average Bonchev–Trinajstić information content (AvgIpc) is 3.36. The number of benzene rings is 2. The number of non-ortho nitro benzene ring substituents is 1. The number of hydrogen-bond acceptors (Lipinski definition) is 7. The minimum atomic E-state index is -0.553. The van der Waals surface area contributed by atoms with Crippen molar-refractivity contribution >= 4 is 40.2 Å².